The summed E-state index contributed by atoms with van der Waals surface area (Å²) in [7, 11) is -2.20. The van der Waals surface area contributed by atoms with Gasteiger partial charge >= 0.3 is 193 Å². The predicted octanol–water partition coefficient (Wildman–Crippen LogP) is 2.10. The molecule has 0 saturated heterocycles. The van der Waals surface area contributed by atoms with Crippen molar-refractivity contribution in [2.24, 2.45) is 12.0 Å². The van der Waals surface area contributed by atoms with E-state index in [0.717, 1.165) is 11.1 Å². The molecule has 0 bridgehead atoms. The van der Waals surface area contributed by atoms with E-state index in [1.165, 1.54) is 10.7 Å². The Morgan fingerprint density at radius 1 is 1.15 bits per heavy atom. The number of rotatable bonds is 11. The number of nitriles is 1. The van der Waals surface area contributed by atoms with Crippen LogP contribution < -0.4 is 35.4 Å². The second kappa shape index (κ2) is 13.3. The summed E-state index contributed by atoms with van der Waals surface area (Å²) < 4.78 is 44.6. The number of benzene rings is 2. The molecule has 1 aromatic heterocycles. The minimum absolute atomic E-state index is 0.0750. The molecule has 0 amide bonds. The van der Waals surface area contributed by atoms with Gasteiger partial charge in [-0.15, -0.1) is 11.6 Å². The Hall–Kier alpha value is -3.05. The number of hydrogen-bond acceptors (Lipinski definition) is 7. The number of aromatic nitrogens is 2. The van der Waals surface area contributed by atoms with Gasteiger partial charge in [0, 0.05) is 0 Å². The van der Waals surface area contributed by atoms with Crippen molar-refractivity contribution in [3.8, 4) is 17.6 Å². The van der Waals surface area contributed by atoms with E-state index in [-0.39, 0.29) is 29.9 Å². The van der Waals surface area contributed by atoms with E-state index >= 15 is 0 Å². The molecule has 3 aromatic rings. The van der Waals surface area contributed by atoms with Crippen molar-refractivity contribution in [1.29, 1.82) is 5.26 Å². The van der Waals surface area contributed by atoms with Gasteiger partial charge in [0.05, 0.1) is 16.5 Å². The zero-order valence-electron chi connectivity index (χ0n) is 22.4. The molecule has 2 aromatic carbocycles. The number of sulfonamides is 1. The van der Waals surface area contributed by atoms with E-state index in [2.05, 4.69) is 20.9 Å². The van der Waals surface area contributed by atoms with Crippen LogP contribution >= 0.6 is 23.2 Å². The van der Waals surface area contributed by atoms with Gasteiger partial charge in [0.2, 0.25) is 0 Å². The SMILES string of the molecule is Cn1ccc(S(=O)(=O)NC2=C[I-]C=CC(COc3ccc(C(C)(C)c4cc(Cl)c(OCCCl)c(C#N)c4)cc3)=N2)n1. The zero-order chi connectivity index (χ0) is 29.6. The molecular formula is C28H27Cl2IN5O4S-. The Balaban J connectivity index is 1.45. The summed E-state index contributed by atoms with van der Waals surface area (Å²) in [6.07, 6.45) is 3.41. The van der Waals surface area contributed by atoms with Crippen LogP contribution in [0.2, 0.25) is 5.02 Å². The average Bonchev–Trinajstić information content (AvgIpc) is 3.28. The minimum atomic E-state index is -3.85. The van der Waals surface area contributed by atoms with E-state index in [9.17, 15) is 13.7 Å². The van der Waals surface area contributed by atoms with Crippen molar-refractivity contribution >= 4 is 38.9 Å². The second-order valence-electron chi connectivity index (χ2n) is 9.37. The fourth-order valence-electron chi connectivity index (χ4n) is 3.89. The number of nitrogens with zero attached hydrogens (tertiary/aromatic N) is 4. The van der Waals surface area contributed by atoms with Gasteiger partial charge < -0.3 is 4.74 Å². The van der Waals surface area contributed by atoms with Crippen LogP contribution in [0, 0.1) is 11.3 Å². The van der Waals surface area contributed by atoms with E-state index < -0.39 is 36.6 Å². The molecule has 0 saturated carbocycles. The van der Waals surface area contributed by atoms with Gasteiger partial charge in [-0.25, -0.2) is 0 Å². The summed E-state index contributed by atoms with van der Waals surface area (Å²) in [4.78, 5) is 4.47. The molecular weight excluding hydrogens is 700 g/mol. The molecule has 41 heavy (non-hydrogen) atoms. The third-order valence-corrected chi connectivity index (χ3v) is 9.54. The first-order chi connectivity index (χ1) is 19.5. The molecule has 216 valence electrons. The summed E-state index contributed by atoms with van der Waals surface area (Å²) in [5.74, 6) is 1.49. The van der Waals surface area contributed by atoms with Gasteiger partial charge in [0.15, 0.2) is 5.75 Å². The van der Waals surface area contributed by atoms with E-state index in [1.807, 2.05) is 54.3 Å². The summed E-state index contributed by atoms with van der Waals surface area (Å²) in [6, 6.07) is 14.8. The summed E-state index contributed by atoms with van der Waals surface area (Å²) >= 11 is 11.7. The maximum atomic E-state index is 12.7. The first-order valence-corrected chi connectivity index (χ1v) is 17.2. The summed E-state index contributed by atoms with van der Waals surface area (Å²) in [6.45, 7) is 4.49. The van der Waals surface area contributed by atoms with E-state index in [0.29, 0.717) is 27.8 Å². The van der Waals surface area contributed by atoms with Crippen LogP contribution in [0.25, 0.3) is 0 Å². The molecule has 0 unspecified atom stereocenters. The van der Waals surface area contributed by atoms with Gasteiger partial charge in [-0.1, -0.05) is 11.6 Å². The maximum absolute atomic E-state index is 12.7. The van der Waals surface area contributed by atoms with Crippen LogP contribution in [0.5, 0.6) is 11.5 Å². The van der Waals surface area contributed by atoms with Crippen molar-refractivity contribution in [2.75, 3.05) is 19.1 Å². The van der Waals surface area contributed by atoms with Crippen molar-refractivity contribution < 1.29 is 39.1 Å². The molecule has 13 heteroatoms. The average molecular weight is 727 g/mol. The number of hydrogen-bond donors (Lipinski definition) is 1. The Bertz CT molecular complexity index is 1660. The van der Waals surface area contributed by atoms with E-state index in [1.54, 1.807) is 23.4 Å². The van der Waals surface area contributed by atoms with Crippen molar-refractivity contribution in [1.82, 2.24) is 14.5 Å². The molecule has 0 fully saturated rings. The monoisotopic (exact) mass is 726 g/mol. The molecule has 1 aliphatic rings. The Labute approximate surface area is 259 Å². The van der Waals surface area contributed by atoms with Gasteiger partial charge in [-0.2, -0.15) is 5.26 Å². The fraction of sp³-hybridized carbons (Fsp3) is 0.250. The van der Waals surface area contributed by atoms with Crippen LogP contribution in [0.1, 0.15) is 30.5 Å². The molecule has 0 aliphatic carbocycles. The number of ether oxygens (including phenoxy) is 2. The van der Waals surface area contributed by atoms with Crippen molar-refractivity contribution in [3.05, 3.63) is 90.4 Å². The molecule has 9 nitrogen and oxygen atoms in total. The van der Waals surface area contributed by atoms with Crippen molar-refractivity contribution in [2.45, 2.75) is 24.3 Å². The fourth-order valence-corrected chi connectivity index (χ4v) is 6.88. The van der Waals surface area contributed by atoms with Gasteiger partial charge in [-0.3, -0.25) is 0 Å². The van der Waals surface area contributed by atoms with Crippen LogP contribution in [0.15, 0.2) is 78.7 Å². The third-order valence-electron chi connectivity index (χ3n) is 6.13. The molecule has 4 rings (SSSR count). The molecule has 1 N–H and O–H groups in total. The Kier molecular flexibility index (Phi) is 10.0. The van der Waals surface area contributed by atoms with Crippen LogP contribution in [-0.4, -0.2) is 43.0 Å². The standard InChI is InChI=1S/C28H27Cl2IN5O4S/c1-28(2,21-14-19(17-32)27(24(30)15-21)39-13-10-29)20-4-6-23(7-5-20)40-18-22-8-11-31-16-25(33-22)35-41(37,38)26-9-12-36(3)34-26/h4-9,11-12,14-16,35H,10,13,18H2,1-3H3/q-1. The third kappa shape index (κ3) is 7.62. The summed E-state index contributed by atoms with van der Waals surface area (Å²) in [5, 5.41) is 13.9. The molecule has 2 heterocycles. The summed E-state index contributed by atoms with van der Waals surface area (Å²) in [5.41, 5.74) is 2.31. The van der Waals surface area contributed by atoms with Crippen LogP contribution in [-0.2, 0) is 22.5 Å². The van der Waals surface area contributed by atoms with Crippen LogP contribution in [0.4, 0.5) is 0 Å². The van der Waals surface area contributed by atoms with Gasteiger partial charge in [0.1, 0.15) is 12.7 Å². The van der Waals surface area contributed by atoms with Gasteiger partial charge in [0.25, 0.3) is 0 Å². The Morgan fingerprint density at radius 3 is 2.56 bits per heavy atom. The number of nitrogens with one attached hydrogen (secondary N) is 1. The van der Waals surface area contributed by atoms with Gasteiger partial charge in [-0.05, 0) is 0 Å². The quantitative estimate of drug-likeness (QED) is 0.239. The zero-order valence-corrected chi connectivity index (χ0v) is 26.9. The van der Waals surface area contributed by atoms with E-state index in [4.69, 9.17) is 32.7 Å². The molecule has 0 spiro atoms. The number of alkyl halides is 1. The van der Waals surface area contributed by atoms with Crippen molar-refractivity contribution in [3.63, 3.8) is 0 Å². The Morgan fingerprint density at radius 2 is 1.90 bits per heavy atom. The number of aryl methyl sites for hydroxylation is 1. The molecule has 0 atom stereocenters. The topological polar surface area (TPSA) is 119 Å². The number of halogens is 3. The van der Waals surface area contributed by atoms with Crippen LogP contribution in [0.3, 0.4) is 0 Å². The first kappa shape index (κ1) is 30.9. The second-order valence-corrected chi connectivity index (χ2v) is 13.8. The normalized spacial score (nSPS) is 13.8. The number of aliphatic imine (C=N–C) groups is 1. The molecule has 1 aliphatic heterocycles. The predicted molar refractivity (Wildman–Crippen MR) is 155 cm³/mol. The molecule has 0 radical (unpaired) electrons. The first-order valence-electron chi connectivity index (χ1n) is 12.3.